The fourth-order valence-electron chi connectivity index (χ4n) is 11.8. The summed E-state index contributed by atoms with van der Waals surface area (Å²) >= 11 is 0. The molecule has 0 radical (unpaired) electrons. The molecular formula is C70H72N5+. The average Bonchev–Trinajstić information content (AvgIpc) is 3.47. The first-order valence-electron chi connectivity index (χ1n) is 27.6. The van der Waals surface area contributed by atoms with E-state index in [4.69, 9.17) is 4.99 Å². The Balaban J connectivity index is 1.16. The molecule has 10 rings (SSSR count). The van der Waals surface area contributed by atoms with Gasteiger partial charge >= 0.3 is 0 Å². The van der Waals surface area contributed by atoms with Crippen LogP contribution in [-0.4, -0.2) is 68.4 Å². The Bertz CT molecular complexity index is 3620. The van der Waals surface area contributed by atoms with Crippen molar-refractivity contribution >= 4 is 83.2 Å². The van der Waals surface area contributed by atoms with E-state index < -0.39 is 0 Å². The molecule has 5 heteroatoms. The molecule has 75 heavy (non-hydrogen) atoms. The van der Waals surface area contributed by atoms with Crippen LogP contribution < -0.4 is 14.7 Å². The lowest BCUT2D eigenvalue weighted by atomic mass is 9.82. The van der Waals surface area contributed by atoms with Gasteiger partial charge in [0.15, 0.2) is 5.71 Å². The van der Waals surface area contributed by atoms with Gasteiger partial charge in [-0.3, -0.25) is 0 Å². The van der Waals surface area contributed by atoms with E-state index in [0.29, 0.717) is 0 Å². The number of hydrogen-bond acceptors (Lipinski definition) is 4. The largest absolute Gasteiger partial charge is 0.372 e. The summed E-state index contributed by atoms with van der Waals surface area (Å²) in [7, 11) is 0. The van der Waals surface area contributed by atoms with Crippen molar-refractivity contribution in [2.24, 2.45) is 4.99 Å². The maximum absolute atomic E-state index is 5.65. The fourth-order valence-corrected chi connectivity index (χ4v) is 11.8. The summed E-state index contributed by atoms with van der Waals surface area (Å²) in [5.41, 5.74) is 18.8. The Labute approximate surface area is 446 Å². The van der Waals surface area contributed by atoms with Crippen molar-refractivity contribution in [3.63, 3.8) is 0 Å². The van der Waals surface area contributed by atoms with E-state index in [2.05, 4.69) is 269 Å². The summed E-state index contributed by atoms with van der Waals surface area (Å²) in [5.74, 6) is 0. The van der Waals surface area contributed by atoms with Gasteiger partial charge in [0, 0.05) is 90.2 Å². The molecule has 5 nitrogen and oxygen atoms in total. The van der Waals surface area contributed by atoms with Gasteiger partial charge in [-0.25, -0.2) is 9.57 Å². The van der Waals surface area contributed by atoms with Crippen molar-refractivity contribution in [2.75, 3.05) is 67.1 Å². The minimum Gasteiger partial charge on any atom is -0.372 e. The molecule has 0 bridgehead atoms. The number of fused-ring (bicyclic) bond motifs is 4. The minimum atomic E-state index is 0.944. The first-order valence-corrected chi connectivity index (χ1v) is 27.6. The SMILES string of the molecule is CCN(CC)c1ccc(C(=C2C=CC(=Nc3ccc(C(=C4C=CC(=[N+](CC)CC)C=C4)c4ccc(N(CC)CC)c5ccccc45)c4ccccc34)c3ccccc32)c2ccc(N(CC)CC)c3ccccc23)cc1. The van der Waals surface area contributed by atoms with Crippen LogP contribution in [0, 0.1) is 0 Å². The molecule has 0 amide bonds. The lowest BCUT2D eigenvalue weighted by Crippen LogP contribution is -2.22. The van der Waals surface area contributed by atoms with Gasteiger partial charge in [-0.15, -0.1) is 0 Å². The topological polar surface area (TPSA) is 25.1 Å². The van der Waals surface area contributed by atoms with Gasteiger partial charge in [0.25, 0.3) is 0 Å². The van der Waals surface area contributed by atoms with Crippen molar-refractivity contribution in [3.05, 3.63) is 233 Å². The van der Waals surface area contributed by atoms with Gasteiger partial charge in [-0.05, 0) is 170 Å². The maximum atomic E-state index is 5.65. The highest BCUT2D eigenvalue weighted by atomic mass is 15.1. The van der Waals surface area contributed by atoms with E-state index >= 15 is 0 Å². The lowest BCUT2D eigenvalue weighted by Gasteiger charge is -2.26. The van der Waals surface area contributed by atoms with Gasteiger partial charge in [-0.1, -0.05) is 133 Å². The number of benzene rings is 8. The number of aliphatic imine (C=N–C) groups is 1. The van der Waals surface area contributed by atoms with Gasteiger partial charge < -0.3 is 14.7 Å². The highest BCUT2D eigenvalue weighted by molar-refractivity contribution is 6.22. The van der Waals surface area contributed by atoms with E-state index in [1.165, 1.54) is 99.8 Å². The maximum Gasteiger partial charge on any atom is 0.199 e. The van der Waals surface area contributed by atoms with Crippen LogP contribution >= 0.6 is 0 Å². The van der Waals surface area contributed by atoms with Crippen LogP contribution in [0.4, 0.5) is 22.7 Å². The third-order valence-electron chi connectivity index (χ3n) is 15.7. The molecule has 8 aromatic carbocycles. The van der Waals surface area contributed by atoms with Gasteiger partial charge in [0.1, 0.15) is 13.1 Å². The number of rotatable bonds is 16. The van der Waals surface area contributed by atoms with E-state index in [1.54, 1.807) is 0 Å². The minimum absolute atomic E-state index is 0.944. The quantitative estimate of drug-likeness (QED) is 0.0902. The van der Waals surface area contributed by atoms with E-state index in [9.17, 15) is 0 Å². The second-order valence-corrected chi connectivity index (χ2v) is 19.4. The van der Waals surface area contributed by atoms with E-state index in [0.717, 1.165) is 74.7 Å². The Hall–Kier alpha value is -8.02. The van der Waals surface area contributed by atoms with Crippen LogP contribution in [0.3, 0.4) is 0 Å². The molecule has 376 valence electrons. The standard InChI is InChI=1S/C70H72N5/c1-9-72(10-2)51-37-33-49(34-38-51)69(63-43-47-67(74(13-5)14-6)59-31-23-19-27-55(59)63)61-41-45-65(57-29-21-17-25-53(57)61)71-66-46-42-62(54-26-18-22-30-58(54)66)70(50-35-39-52(40-36-50)73(11-3)12-4)64-44-48-68(75(15-7)16-8)60-32-24-20-28-56(60)64/h17-48H,9-16H2,1-8H3/q+1. The number of anilines is 3. The van der Waals surface area contributed by atoms with Crippen molar-refractivity contribution < 1.29 is 4.58 Å². The van der Waals surface area contributed by atoms with Gasteiger partial charge in [0.2, 0.25) is 0 Å². The first-order chi connectivity index (χ1) is 36.9. The predicted octanol–water partition coefficient (Wildman–Crippen LogP) is 16.8. The smallest absolute Gasteiger partial charge is 0.199 e. The lowest BCUT2D eigenvalue weighted by molar-refractivity contribution is -0.519. The molecular weight excluding hydrogens is 911 g/mol. The third-order valence-corrected chi connectivity index (χ3v) is 15.7. The van der Waals surface area contributed by atoms with Crippen LogP contribution in [0.5, 0.6) is 0 Å². The van der Waals surface area contributed by atoms with Crippen molar-refractivity contribution in [3.8, 4) is 0 Å². The summed E-state index contributed by atoms with van der Waals surface area (Å²) in [6.07, 6.45) is 13.8. The van der Waals surface area contributed by atoms with Crippen LogP contribution in [-0.2, 0) is 0 Å². The highest BCUT2D eigenvalue weighted by Crippen LogP contribution is 2.45. The summed E-state index contributed by atoms with van der Waals surface area (Å²) in [6.45, 7) is 25.5. The summed E-state index contributed by atoms with van der Waals surface area (Å²) in [4.78, 5) is 13.0. The molecule has 2 aliphatic carbocycles. The summed E-state index contributed by atoms with van der Waals surface area (Å²) < 4.78 is 2.41. The Morgan fingerprint density at radius 1 is 0.387 bits per heavy atom. The molecule has 0 unspecified atom stereocenters. The van der Waals surface area contributed by atoms with Crippen LogP contribution in [0.2, 0.25) is 0 Å². The van der Waals surface area contributed by atoms with E-state index in [-0.39, 0.29) is 0 Å². The van der Waals surface area contributed by atoms with Crippen LogP contribution in [0.1, 0.15) is 88.8 Å². The van der Waals surface area contributed by atoms with Crippen LogP contribution in [0.15, 0.2) is 205 Å². The predicted molar refractivity (Wildman–Crippen MR) is 327 cm³/mol. The summed E-state index contributed by atoms with van der Waals surface area (Å²) in [5, 5.41) is 7.32. The zero-order valence-electron chi connectivity index (χ0n) is 45.4. The van der Waals surface area contributed by atoms with Crippen molar-refractivity contribution in [1.29, 1.82) is 0 Å². The second kappa shape index (κ2) is 22.6. The zero-order valence-corrected chi connectivity index (χ0v) is 45.4. The van der Waals surface area contributed by atoms with Crippen LogP contribution in [0.25, 0.3) is 49.0 Å². The summed E-state index contributed by atoms with van der Waals surface area (Å²) in [6, 6.07) is 58.8. The normalized spacial score (nSPS) is 14.3. The average molecular weight is 983 g/mol. The van der Waals surface area contributed by atoms with Crippen molar-refractivity contribution in [2.45, 2.75) is 55.4 Å². The van der Waals surface area contributed by atoms with E-state index in [1.807, 2.05) is 0 Å². The van der Waals surface area contributed by atoms with Crippen molar-refractivity contribution in [1.82, 2.24) is 0 Å². The molecule has 0 atom stereocenters. The monoisotopic (exact) mass is 983 g/mol. The Kier molecular flexibility index (Phi) is 15.2. The molecule has 0 heterocycles. The molecule has 0 saturated heterocycles. The second-order valence-electron chi connectivity index (χ2n) is 19.4. The molecule has 0 aromatic heterocycles. The Morgan fingerprint density at radius 3 is 1.36 bits per heavy atom. The Morgan fingerprint density at radius 2 is 0.840 bits per heavy atom. The zero-order chi connectivity index (χ0) is 52.0. The molecule has 0 N–H and O–H groups in total. The number of nitrogens with zero attached hydrogens (tertiary/aromatic N) is 5. The first kappa shape index (κ1) is 50.5. The third kappa shape index (κ3) is 9.57. The molecule has 0 aliphatic heterocycles. The molecule has 0 fully saturated rings. The van der Waals surface area contributed by atoms with Gasteiger partial charge in [0.05, 0.1) is 11.4 Å². The number of allylic oxidation sites excluding steroid dienone is 8. The molecule has 2 aliphatic rings. The fraction of sp³-hybridized carbons (Fsp3) is 0.229. The molecule has 8 aromatic rings. The van der Waals surface area contributed by atoms with Gasteiger partial charge in [-0.2, -0.15) is 0 Å². The molecule has 0 saturated carbocycles. The molecule has 0 spiro atoms. The number of hydrogen-bond donors (Lipinski definition) is 0. The highest BCUT2D eigenvalue weighted by Gasteiger charge is 2.25.